The Morgan fingerprint density at radius 1 is 1.21 bits per heavy atom. The van der Waals surface area contributed by atoms with Crippen molar-refractivity contribution >= 4 is 6.09 Å². The third kappa shape index (κ3) is 4.73. The summed E-state index contributed by atoms with van der Waals surface area (Å²) in [5.74, 6) is -0.635. The number of carbonyl (C=O) groups excluding carboxylic acids is 1. The number of aromatic hydroxyl groups is 2. The van der Waals surface area contributed by atoms with E-state index in [4.69, 9.17) is 4.84 Å². The molecule has 0 aliphatic heterocycles. The highest BCUT2D eigenvalue weighted by Gasteiger charge is 2.15. The standard InChI is InChI=1S/C13H22N2O4/c1-3-4-5-6-7-10-14(2)13(18)19-15-11(16)8-9-12(15)17/h8-9,16-17H,3-7,10H2,1-2H3. The Labute approximate surface area is 113 Å². The van der Waals surface area contributed by atoms with Gasteiger partial charge in [0.15, 0.2) is 0 Å². The zero-order chi connectivity index (χ0) is 14.3. The third-order valence-corrected chi connectivity index (χ3v) is 2.88. The van der Waals surface area contributed by atoms with Crippen LogP contribution in [0.15, 0.2) is 12.1 Å². The van der Waals surface area contributed by atoms with Crippen LogP contribution in [-0.4, -0.2) is 39.5 Å². The molecule has 19 heavy (non-hydrogen) atoms. The molecule has 2 N–H and O–H groups in total. The van der Waals surface area contributed by atoms with Gasteiger partial charge in [-0.25, -0.2) is 4.79 Å². The molecule has 0 spiro atoms. The van der Waals surface area contributed by atoms with E-state index in [1.807, 2.05) is 0 Å². The van der Waals surface area contributed by atoms with E-state index in [0.717, 1.165) is 12.8 Å². The molecule has 0 atom stereocenters. The maximum Gasteiger partial charge on any atom is 0.434 e. The van der Waals surface area contributed by atoms with Gasteiger partial charge in [-0.15, -0.1) is 4.73 Å². The highest BCUT2D eigenvalue weighted by molar-refractivity contribution is 5.67. The van der Waals surface area contributed by atoms with E-state index < -0.39 is 6.09 Å². The second-order valence-corrected chi connectivity index (χ2v) is 4.54. The average Bonchev–Trinajstić information content (AvgIpc) is 2.70. The van der Waals surface area contributed by atoms with E-state index >= 15 is 0 Å². The monoisotopic (exact) mass is 270 g/mol. The molecule has 0 radical (unpaired) electrons. The van der Waals surface area contributed by atoms with Crippen molar-refractivity contribution in [2.45, 2.75) is 39.0 Å². The third-order valence-electron chi connectivity index (χ3n) is 2.88. The lowest BCUT2D eigenvalue weighted by Crippen LogP contribution is -2.34. The van der Waals surface area contributed by atoms with Gasteiger partial charge in [0.2, 0.25) is 11.8 Å². The summed E-state index contributed by atoms with van der Waals surface area (Å²) >= 11 is 0. The largest absolute Gasteiger partial charge is 0.492 e. The second kappa shape index (κ2) is 7.56. The summed E-state index contributed by atoms with van der Waals surface area (Å²) in [6.07, 6.45) is 4.93. The quantitative estimate of drug-likeness (QED) is 0.746. The molecule has 0 aliphatic rings. The van der Waals surface area contributed by atoms with Crippen molar-refractivity contribution < 1.29 is 19.8 Å². The Balaban J connectivity index is 2.33. The van der Waals surface area contributed by atoms with Gasteiger partial charge in [0.05, 0.1) is 0 Å². The molecule has 0 aliphatic carbocycles. The molecular formula is C13H22N2O4. The molecule has 1 rings (SSSR count). The lowest BCUT2D eigenvalue weighted by Gasteiger charge is -2.17. The Morgan fingerprint density at radius 3 is 2.37 bits per heavy atom. The highest BCUT2D eigenvalue weighted by atomic mass is 16.7. The van der Waals surface area contributed by atoms with Crippen LogP contribution in [0.5, 0.6) is 11.8 Å². The highest BCUT2D eigenvalue weighted by Crippen LogP contribution is 2.18. The second-order valence-electron chi connectivity index (χ2n) is 4.54. The fourth-order valence-corrected chi connectivity index (χ4v) is 1.69. The van der Waals surface area contributed by atoms with Crippen LogP contribution in [0.25, 0.3) is 0 Å². The molecule has 1 heterocycles. The summed E-state index contributed by atoms with van der Waals surface area (Å²) in [5, 5.41) is 18.7. The minimum absolute atomic E-state index is 0.317. The predicted molar refractivity (Wildman–Crippen MR) is 71.1 cm³/mol. The van der Waals surface area contributed by atoms with Gasteiger partial charge >= 0.3 is 6.09 Å². The summed E-state index contributed by atoms with van der Waals surface area (Å²) < 4.78 is 0.690. The summed E-state index contributed by atoms with van der Waals surface area (Å²) in [6, 6.07) is 2.49. The van der Waals surface area contributed by atoms with Crippen LogP contribution in [0.2, 0.25) is 0 Å². The van der Waals surface area contributed by atoms with Crippen LogP contribution in [0.1, 0.15) is 39.0 Å². The fraction of sp³-hybridized carbons (Fsp3) is 0.615. The molecule has 0 unspecified atom stereocenters. The van der Waals surface area contributed by atoms with Gasteiger partial charge in [-0.1, -0.05) is 32.6 Å². The molecule has 6 heteroatoms. The number of hydrogen-bond donors (Lipinski definition) is 2. The van der Waals surface area contributed by atoms with E-state index in [0.29, 0.717) is 11.3 Å². The normalized spacial score (nSPS) is 10.4. The van der Waals surface area contributed by atoms with Crippen molar-refractivity contribution in [3.05, 3.63) is 12.1 Å². The van der Waals surface area contributed by atoms with Crippen LogP contribution in [-0.2, 0) is 0 Å². The molecule has 1 aromatic heterocycles. The number of hydrogen-bond acceptors (Lipinski definition) is 4. The first kappa shape index (κ1) is 15.2. The molecule has 1 aromatic rings. The van der Waals surface area contributed by atoms with E-state index in [2.05, 4.69) is 6.92 Å². The first-order valence-corrected chi connectivity index (χ1v) is 6.59. The van der Waals surface area contributed by atoms with Crippen molar-refractivity contribution in [2.75, 3.05) is 13.6 Å². The van der Waals surface area contributed by atoms with E-state index in [1.165, 1.54) is 36.3 Å². The lowest BCUT2D eigenvalue weighted by atomic mass is 10.1. The smallest absolute Gasteiger partial charge is 0.434 e. The van der Waals surface area contributed by atoms with Crippen LogP contribution < -0.4 is 4.84 Å². The summed E-state index contributed by atoms with van der Waals surface area (Å²) in [4.78, 5) is 18.0. The number of unbranched alkanes of at least 4 members (excludes halogenated alkanes) is 4. The molecular weight excluding hydrogens is 248 g/mol. The minimum Gasteiger partial charge on any atom is -0.492 e. The van der Waals surface area contributed by atoms with Crippen LogP contribution in [0.4, 0.5) is 4.79 Å². The number of amides is 1. The molecule has 0 bridgehead atoms. The number of nitrogens with zero attached hydrogens (tertiary/aromatic N) is 2. The SMILES string of the molecule is CCCCCCCN(C)C(=O)On1c(O)ccc1O. The van der Waals surface area contributed by atoms with Crippen LogP contribution in [0.3, 0.4) is 0 Å². The molecule has 0 saturated heterocycles. The van der Waals surface area contributed by atoms with Gasteiger partial charge in [-0.05, 0) is 6.42 Å². The van der Waals surface area contributed by atoms with Gasteiger partial charge < -0.3 is 20.0 Å². The van der Waals surface area contributed by atoms with Crippen molar-refractivity contribution in [1.29, 1.82) is 0 Å². The summed E-state index contributed by atoms with van der Waals surface area (Å²) in [7, 11) is 1.62. The molecule has 1 amide bonds. The van der Waals surface area contributed by atoms with Crippen molar-refractivity contribution in [1.82, 2.24) is 9.63 Å². The van der Waals surface area contributed by atoms with E-state index in [1.54, 1.807) is 7.05 Å². The first-order valence-electron chi connectivity index (χ1n) is 6.59. The van der Waals surface area contributed by atoms with Gasteiger partial charge in [0.1, 0.15) is 0 Å². The zero-order valence-corrected chi connectivity index (χ0v) is 11.5. The van der Waals surface area contributed by atoms with Crippen molar-refractivity contribution in [2.24, 2.45) is 0 Å². The van der Waals surface area contributed by atoms with E-state index in [9.17, 15) is 15.0 Å². The summed E-state index contributed by atoms with van der Waals surface area (Å²) in [5.41, 5.74) is 0. The maximum absolute atomic E-state index is 11.7. The zero-order valence-electron chi connectivity index (χ0n) is 11.5. The molecule has 0 saturated carbocycles. The van der Waals surface area contributed by atoms with Gasteiger partial charge in [0, 0.05) is 25.7 Å². The molecule has 6 nitrogen and oxygen atoms in total. The van der Waals surface area contributed by atoms with Crippen LogP contribution in [0, 0.1) is 0 Å². The summed E-state index contributed by atoms with van der Waals surface area (Å²) in [6.45, 7) is 2.74. The van der Waals surface area contributed by atoms with Gasteiger partial charge in [-0.2, -0.15) is 0 Å². The topological polar surface area (TPSA) is 74.9 Å². The Kier molecular flexibility index (Phi) is 6.05. The van der Waals surface area contributed by atoms with Crippen molar-refractivity contribution in [3.63, 3.8) is 0 Å². The minimum atomic E-state index is -0.614. The van der Waals surface area contributed by atoms with Gasteiger partial charge in [-0.3, -0.25) is 0 Å². The number of aromatic nitrogens is 1. The lowest BCUT2D eigenvalue weighted by molar-refractivity contribution is 0.0806. The Morgan fingerprint density at radius 2 is 1.79 bits per heavy atom. The fourth-order valence-electron chi connectivity index (χ4n) is 1.69. The van der Waals surface area contributed by atoms with Crippen LogP contribution >= 0.6 is 0 Å². The molecule has 108 valence electrons. The first-order chi connectivity index (χ1) is 9.06. The number of carbonyl (C=O) groups is 1. The van der Waals surface area contributed by atoms with E-state index in [-0.39, 0.29) is 11.8 Å². The Bertz CT molecular complexity index is 384. The van der Waals surface area contributed by atoms with Gasteiger partial charge in [0.25, 0.3) is 0 Å². The van der Waals surface area contributed by atoms with Crippen molar-refractivity contribution in [3.8, 4) is 11.8 Å². The number of rotatable bonds is 7. The Hall–Kier alpha value is -1.85. The molecule has 0 fully saturated rings. The molecule has 0 aromatic carbocycles. The predicted octanol–water partition coefficient (Wildman–Crippen LogP) is 2.35. The maximum atomic E-state index is 11.7. The average molecular weight is 270 g/mol.